The number of hydrogen-bond donors (Lipinski definition) is 2. The van der Waals surface area contributed by atoms with E-state index in [1.807, 2.05) is 18.2 Å². The number of carboxylic acids is 1. The Morgan fingerprint density at radius 1 is 1.20 bits per heavy atom. The van der Waals surface area contributed by atoms with Crippen molar-refractivity contribution in [3.8, 4) is 5.75 Å². The predicted molar refractivity (Wildman–Crippen MR) is 75.4 cm³/mol. The van der Waals surface area contributed by atoms with Crippen LogP contribution in [0.2, 0.25) is 0 Å². The first-order chi connectivity index (χ1) is 9.63. The molecule has 0 aromatic heterocycles. The maximum atomic E-state index is 10.9. The minimum absolute atomic E-state index is 0.303. The van der Waals surface area contributed by atoms with E-state index in [4.69, 9.17) is 5.11 Å². The lowest BCUT2D eigenvalue weighted by atomic mass is 9.88. The number of phenols is 1. The highest BCUT2D eigenvalue weighted by Gasteiger charge is 2.41. The van der Waals surface area contributed by atoms with Crippen LogP contribution in [0.25, 0.3) is 0 Å². The van der Waals surface area contributed by atoms with Gasteiger partial charge in [0.1, 0.15) is 5.75 Å². The number of para-hydroxylation sites is 1. The Bertz CT molecular complexity index is 488. The lowest BCUT2D eigenvalue weighted by Gasteiger charge is -2.38. The maximum Gasteiger partial charge on any atom is 0.303 e. The molecule has 1 aromatic carbocycles. The monoisotopic (exact) mass is 275 g/mol. The molecular formula is C16H21NO3. The number of fused-ring (bicyclic) bond motifs is 2. The van der Waals surface area contributed by atoms with Crippen molar-refractivity contribution in [3.05, 3.63) is 29.8 Å². The van der Waals surface area contributed by atoms with E-state index in [0.717, 1.165) is 37.8 Å². The van der Waals surface area contributed by atoms with E-state index in [1.54, 1.807) is 6.07 Å². The Labute approximate surface area is 119 Å². The van der Waals surface area contributed by atoms with Crippen LogP contribution in [0.3, 0.4) is 0 Å². The van der Waals surface area contributed by atoms with E-state index >= 15 is 0 Å². The molecule has 4 nitrogen and oxygen atoms in total. The molecule has 1 aromatic rings. The molecule has 0 amide bonds. The minimum atomic E-state index is -0.677. The zero-order chi connectivity index (χ0) is 14.1. The van der Waals surface area contributed by atoms with Gasteiger partial charge >= 0.3 is 5.97 Å². The van der Waals surface area contributed by atoms with Crippen molar-refractivity contribution in [1.29, 1.82) is 0 Å². The molecule has 2 unspecified atom stereocenters. The highest BCUT2D eigenvalue weighted by atomic mass is 16.4. The summed E-state index contributed by atoms with van der Waals surface area (Å²) in [4.78, 5) is 13.3. The Balaban J connectivity index is 1.68. The normalized spacial score (nSPS) is 29.5. The molecule has 2 N–H and O–H groups in total. The average Bonchev–Trinajstić information content (AvgIpc) is 2.63. The SMILES string of the molecule is O=C(O)CC1CC2CCC(C1)N2Cc1ccccc1O. The van der Waals surface area contributed by atoms with Gasteiger partial charge in [0.2, 0.25) is 0 Å². The summed E-state index contributed by atoms with van der Waals surface area (Å²) in [6, 6.07) is 8.46. The number of phenolic OH excluding ortho intramolecular Hbond substituents is 1. The second-order valence-corrected chi connectivity index (χ2v) is 6.12. The molecule has 2 fully saturated rings. The van der Waals surface area contributed by atoms with Crippen molar-refractivity contribution in [2.24, 2.45) is 5.92 Å². The van der Waals surface area contributed by atoms with Gasteiger partial charge < -0.3 is 10.2 Å². The molecule has 0 saturated carbocycles. The second kappa shape index (κ2) is 5.44. The Kier molecular flexibility index (Phi) is 3.66. The predicted octanol–water partition coefficient (Wildman–Crippen LogP) is 2.61. The molecule has 2 heterocycles. The molecule has 3 rings (SSSR count). The molecule has 2 saturated heterocycles. The topological polar surface area (TPSA) is 60.8 Å². The van der Waals surface area contributed by atoms with Gasteiger partial charge in [-0.25, -0.2) is 0 Å². The van der Waals surface area contributed by atoms with Gasteiger partial charge in [0, 0.05) is 30.6 Å². The molecule has 2 atom stereocenters. The quantitative estimate of drug-likeness (QED) is 0.886. The lowest BCUT2D eigenvalue weighted by Crippen LogP contribution is -2.42. The first-order valence-corrected chi connectivity index (χ1v) is 7.38. The van der Waals surface area contributed by atoms with Crippen LogP contribution in [-0.4, -0.2) is 33.2 Å². The highest BCUT2D eigenvalue weighted by molar-refractivity contribution is 5.67. The number of piperidine rings is 1. The summed E-state index contributed by atoms with van der Waals surface area (Å²) >= 11 is 0. The fraction of sp³-hybridized carbons (Fsp3) is 0.562. The number of carboxylic acid groups (broad SMARTS) is 1. The van der Waals surface area contributed by atoms with Crippen molar-refractivity contribution < 1.29 is 15.0 Å². The summed E-state index contributed by atoms with van der Waals surface area (Å²) in [7, 11) is 0. The van der Waals surface area contributed by atoms with Gasteiger partial charge in [0.15, 0.2) is 0 Å². The van der Waals surface area contributed by atoms with Crippen LogP contribution in [0.15, 0.2) is 24.3 Å². The summed E-state index contributed by atoms with van der Waals surface area (Å²) < 4.78 is 0. The molecule has 2 bridgehead atoms. The first kappa shape index (κ1) is 13.4. The fourth-order valence-electron chi connectivity index (χ4n) is 3.90. The number of aliphatic carboxylic acids is 1. The highest BCUT2D eigenvalue weighted by Crippen LogP contribution is 2.41. The summed E-state index contributed by atoms with van der Waals surface area (Å²) in [5.41, 5.74) is 0.973. The molecule has 0 radical (unpaired) electrons. The Morgan fingerprint density at radius 3 is 2.45 bits per heavy atom. The van der Waals surface area contributed by atoms with E-state index in [1.165, 1.54) is 0 Å². The van der Waals surface area contributed by atoms with E-state index in [9.17, 15) is 9.90 Å². The van der Waals surface area contributed by atoms with Crippen LogP contribution in [0, 0.1) is 5.92 Å². The van der Waals surface area contributed by atoms with Crippen LogP contribution in [0.1, 0.15) is 37.7 Å². The Hall–Kier alpha value is -1.55. The molecule has 0 aliphatic carbocycles. The number of rotatable bonds is 4. The number of nitrogens with zero attached hydrogens (tertiary/aromatic N) is 1. The van der Waals surface area contributed by atoms with Gasteiger partial charge in [-0.15, -0.1) is 0 Å². The van der Waals surface area contributed by atoms with Crippen LogP contribution >= 0.6 is 0 Å². The maximum absolute atomic E-state index is 10.9. The second-order valence-electron chi connectivity index (χ2n) is 6.12. The van der Waals surface area contributed by atoms with E-state index in [-0.39, 0.29) is 0 Å². The van der Waals surface area contributed by atoms with Crippen LogP contribution < -0.4 is 0 Å². The number of benzene rings is 1. The third-order valence-electron chi connectivity index (χ3n) is 4.79. The molecule has 2 aliphatic heterocycles. The molecular weight excluding hydrogens is 254 g/mol. The minimum Gasteiger partial charge on any atom is -0.508 e. The Morgan fingerprint density at radius 2 is 1.85 bits per heavy atom. The zero-order valence-electron chi connectivity index (χ0n) is 11.5. The summed E-state index contributed by atoms with van der Waals surface area (Å²) in [6.45, 7) is 0.780. The smallest absolute Gasteiger partial charge is 0.303 e. The third kappa shape index (κ3) is 2.66. The largest absolute Gasteiger partial charge is 0.508 e. The van der Waals surface area contributed by atoms with Crippen molar-refractivity contribution in [3.63, 3.8) is 0 Å². The standard InChI is InChI=1S/C16H21NO3/c18-15-4-2-1-3-12(15)10-17-13-5-6-14(17)8-11(7-13)9-16(19)20/h1-4,11,13-14,18H,5-10H2,(H,19,20). The molecule has 20 heavy (non-hydrogen) atoms. The van der Waals surface area contributed by atoms with Crippen LogP contribution in [0.4, 0.5) is 0 Å². The van der Waals surface area contributed by atoms with Gasteiger partial charge in [-0.1, -0.05) is 18.2 Å². The molecule has 4 heteroatoms. The van der Waals surface area contributed by atoms with E-state index in [0.29, 0.717) is 30.2 Å². The van der Waals surface area contributed by atoms with Crippen molar-refractivity contribution in [2.75, 3.05) is 0 Å². The summed E-state index contributed by atoms with van der Waals surface area (Å²) in [5, 5.41) is 18.9. The summed E-state index contributed by atoms with van der Waals surface area (Å²) in [5.74, 6) is 0.00809. The van der Waals surface area contributed by atoms with Crippen molar-refractivity contribution in [1.82, 2.24) is 4.90 Å². The van der Waals surface area contributed by atoms with Gasteiger partial charge in [-0.05, 0) is 37.7 Å². The van der Waals surface area contributed by atoms with Crippen LogP contribution in [-0.2, 0) is 11.3 Å². The number of aromatic hydroxyl groups is 1. The lowest BCUT2D eigenvalue weighted by molar-refractivity contribution is -0.138. The van der Waals surface area contributed by atoms with Crippen LogP contribution in [0.5, 0.6) is 5.75 Å². The van der Waals surface area contributed by atoms with E-state index < -0.39 is 5.97 Å². The van der Waals surface area contributed by atoms with Gasteiger partial charge in [0.25, 0.3) is 0 Å². The van der Waals surface area contributed by atoms with E-state index in [2.05, 4.69) is 4.90 Å². The molecule has 2 aliphatic rings. The molecule has 108 valence electrons. The zero-order valence-corrected chi connectivity index (χ0v) is 11.5. The first-order valence-electron chi connectivity index (χ1n) is 7.38. The third-order valence-corrected chi connectivity index (χ3v) is 4.79. The van der Waals surface area contributed by atoms with Gasteiger partial charge in [-0.3, -0.25) is 9.69 Å². The average molecular weight is 275 g/mol. The molecule has 0 spiro atoms. The van der Waals surface area contributed by atoms with Gasteiger partial charge in [-0.2, -0.15) is 0 Å². The fourth-order valence-corrected chi connectivity index (χ4v) is 3.90. The van der Waals surface area contributed by atoms with Crippen molar-refractivity contribution in [2.45, 2.75) is 50.7 Å². The van der Waals surface area contributed by atoms with Gasteiger partial charge in [0.05, 0.1) is 0 Å². The number of carbonyl (C=O) groups is 1. The van der Waals surface area contributed by atoms with Crippen molar-refractivity contribution >= 4 is 5.97 Å². The number of hydrogen-bond acceptors (Lipinski definition) is 3. The summed E-state index contributed by atoms with van der Waals surface area (Å²) in [6.07, 6.45) is 4.59.